The van der Waals surface area contributed by atoms with Crippen LogP contribution in [0.25, 0.3) is 10.8 Å². The predicted molar refractivity (Wildman–Crippen MR) is 67.4 cm³/mol. The molecule has 1 N–H and O–H groups in total. The normalized spacial score (nSPS) is 15.6. The number of oxazole rings is 1. The molecule has 2 heterocycles. The van der Waals surface area contributed by atoms with E-state index in [1.165, 1.54) is 12.8 Å². The Balaban J connectivity index is 1.74. The average molecular weight is 299 g/mol. The number of hydrogen-bond acceptors (Lipinski definition) is 4. The highest BCUT2D eigenvalue weighted by atomic mass is 79.9. The summed E-state index contributed by atoms with van der Waals surface area (Å²) in [5.74, 6) is 0.703. The van der Waals surface area contributed by atoms with Crippen LogP contribution < -0.4 is 5.32 Å². The molecule has 0 radical (unpaired) electrons. The van der Waals surface area contributed by atoms with Crippen molar-refractivity contribution in [1.29, 1.82) is 0 Å². The van der Waals surface area contributed by atoms with Crippen molar-refractivity contribution in [3.05, 3.63) is 27.9 Å². The maximum absolute atomic E-state index is 5.47. The van der Waals surface area contributed by atoms with Crippen molar-refractivity contribution in [2.45, 2.75) is 25.4 Å². The molecule has 0 aliphatic heterocycles. The van der Waals surface area contributed by atoms with Crippen molar-refractivity contribution in [2.24, 2.45) is 0 Å². The van der Waals surface area contributed by atoms with Crippen LogP contribution >= 0.6 is 27.3 Å². The van der Waals surface area contributed by atoms with E-state index in [9.17, 15) is 0 Å². The molecule has 0 spiro atoms. The molecular weight excluding hydrogens is 288 g/mol. The molecular formula is C11H11BrN2OS. The van der Waals surface area contributed by atoms with Crippen LogP contribution in [0.3, 0.4) is 0 Å². The number of thiophene rings is 1. The highest BCUT2D eigenvalue weighted by Crippen LogP contribution is 2.32. The summed E-state index contributed by atoms with van der Waals surface area (Å²) < 4.78 is 6.51. The maximum atomic E-state index is 5.47. The van der Waals surface area contributed by atoms with Crippen LogP contribution in [0.1, 0.15) is 18.5 Å². The molecule has 3 rings (SSSR count). The number of nitrogens with zero attached hydrogens (tertiary/aromatic N) is 1. The first-order valence-corrected chi connectivity index (χ1v) is 6.91. The van der Waals surface area contributed by atoms with Gasteiger partial charge in [0.1, 0.15) is 11.1 Å². The highest BCUT2D eigenvalue weighted by Gasteiger charge is 2.20. The van der Waals surface area contributed by atoms with Crippen molar-refractivity contribution in [3.8, 4) is 10.8 Å². The largest absolute Gasteiger partial charge is 0.443 e. The Morgan fingerprint density at radius 1 is 1.56 bits per heavy atom. The van der Waals surface area contributed by atoms with Gasteiger partial charge in [0.05, 0.1) is 5.69 Å². The molecule has 1 saturated carbocycles. The van der Waals surface area contributed by atoms with Crippen LogP contribution in [0, 0.1) is 0 Å². The third-order valence-corrected chi connectivity index (χ3v) is 4.34. The van der Waals surface area contributed by atoms with Gasteiger partial charge in [0.15, 0.2) is 0 Å². The van der Waals surface area contributed by atoms with Crippen molar-refractivity contribution in [1.82, 2.24) is 10.3 Å². The lowest BCUT2D eigenvalue weighted by Crippen LogP contribution is -2.15. The molecule has 1 aliphatic rings. The van der Waals surface area contributed by atoms with Crippen LogP contribution in [-0.2, 0) is 6.54 Å². The highest BCUT2D eigenvalue weighted by molar-refractivity contribution is 9.10. The Labute approximate surface area is 106 Å². The lowest BCUT2D eigenvalue weighted by molar-refractivity contribution is 0.571. The molecule has 0 atom stereocenters. The summed E-state index contributed by atoms with van der Waals surface area (Å²) in [5, 5.41) is 5.43. The average Bonchev–Trinajstić information content (AvgIpc) is 2.82. The van der Waals surface area contributed by atoms with Crippen LogP contribution in [0.5, 0.6) is 0 Å². The van der Waals surface area contributed by atoms with E-state index in [0.29, 0.717) is 11.9 Å². The van der Waals surface area contributed by atoms with Crippen molar-refractivity contribution in [2.75, 3.05) is 0 Å². The summed E-state index contributed by atoms with van der Waals surface area (Å²) in [4.78, 5) is 5.52. The Bertz CT molecular complexity index is 490. The lowest BCUT2D eigenvalue weighted by atomic mass is 10.4. The van der Waals surface area contributed by atoms with Crippen LogP contribution in [-0.4, -0.2) is 11.0 Å². The van der Waals surface area contributed by atoms with Gasteiger partial charge in [-0.2, -0.15) is 0 Å². The molecule has 84 valence electrons. The van der Waals surface area contributed by atoms with E-state index in [-0.39, 0.29) is 0 Å². The summed E-state index contributed by atoms with van der Waals surface area (Å²) in [7, 11) is 0. The number of aromatic nitrogens is 1. The Morgan fingerprint density at radius 2 is 2.44 bits per heavy atom. The van der Waals surface area contributed by atoms with Gasteiger partial charge in [-0.25, -0.2) is 4.98 Å². The van der Waals surface area contributed by atoms with Gasteiger partial charge in [0, 0.05) is 17.1 Å². The van der Waals surface area contributed by atoms with E-state index in [1.807, 2.05) is 11.4 Å². The molecule has 3 nitrogen and oxygen atoms in total. The Hall–Kier alpha value is -0.650. The lowest BCUT2D eigenvalue weighted by Gasteiger charge is -1.96. The molecule has 1 fully saturated rings. The summed E-state index contributed by atoms with van der Waals surface area (Å²) >= 11 is 5.11. The Morgan fingerprint density at radius 3 is 3.12 bits per heavy atom. The van der Waals surface area contributed by atoms with E-state index >= 15 is 0 Å². The molecule has 16 heavy (non-hydrogen) atoms. The maximum Gasteiger partial charge on any atom is 0.237 e. The van der Waals surface area contributed by atoms with Crippen molar-refractivity contribution >= 4 is 27.3 Å². The molecule has 0 bridgehead atoms. The van der Waals surface area contributed by atoms with E-state index in [0.717, 1.165) is 21.6 Å². The van der Waals surface area contributed by atoms with Crippen molar-refractivity contribution in [3.63, 3.8) is 0 Å². The zero-order chi connectivity index (χ0) is 11.0. The second-order valence-corrected chi connectivity index (χ2v) is 5.67. The quantitative estimate of drug-likeness (QED) is 0.940. The Kier molecular flexibility index (Phi) is 2.83. The molecule has 0 saturated heterocycles. The van der Waals surface area contributed by atoms with Gasteiger partial charge < -0.3 is 9.73 Å². The standard InChI is InChI=1S/C11H11BrN2OS/c12-9-3-4-16-10(9)11-14-8(6-15-11)5-13-7-1-2-7/h3-4,6-7,13H,1-2,5H2. The van der Waals surface area contributed by atoms with E-state index in [2.05, 4.69) is 26.2 Å². The predicted octanol–water partition coefficient (Wildman–Crippen LogP) is 3.42. The summed E-state index contributed by atoms with van der Waals surface area (Å²) in [6.45, 7) is 0.803. The van der Waals surface area contributed by atoms with E-state index in [1.54, 1.807) is 17.6 Å². The molecule has 0 amide bonds. The van der Waals surface area contributed by atoms with E-state index in [4.69, 9.17) is 4.42 Å². The second-order valence-electron chi connectivity index (χ2n) is 3.90. The third kappa shape index (κ3) is 2.21. The van der Waals surface area contributed by atoms with Crippen LogP contribution in [0.15, 0.2) is 26.6 Å². The first-order valence-electron chi connectivity index (χ1n) is 5.24. The first-order chi connectivity index (χ1) is 7.83. The van der Waals surface area contributed by atoms with Crippen LogP contribution in [0.4, 0.5) is 0 Å². The summed E-state index contributed by atoms with van der Waals surface area (Å²) in [5.41, 5.74) is 0.974. The number of hydrogen-bond donors (Lipinski definition) is 1. The van der Waals surface area contributed by atoms with Gasteiger partial charge in [0.25, 0.3) is 0 Å². The molecule has 5 heteroatoms. The van der Waals surface area contributed by atoms with Gasteiger partial charge in [-0.15, -0.1) is 11.3 Å². The number of halogens is 1. The second kappa shape index (κ2) is 4.31. The fourth-order valence-corrected chi connectivity index (χ4v) is 2.95. The molecule has 2 aromatic heterocycles. The topological polar surface area (TPSA) is 38.1 Å². The SMILES string of the molecule is Brc1ccsc1-c1nc(CNC2CC2)co1. The minimum absolute atomic E-state index is 0.702. The molecule has 1 aliphatic carbocycles. The smallest absolute Gasteiger partial charge is 0.237 e. The molecule has 2 aromatic rings. The fraction of sp³-hybridized carbons (Fsp3) is 0.364. The zero-order valence-corrected chi connectivity index (χ0v) is 11.0. The van der Waals surface area contributed by atoms with Gasteiger partial charge in [-0.1, -0.05) is 0 Å². The van der Waals surface area contributed by atoms with Gasteiger partial charge in [0.2, 0.25) is 5.89 Å². The molecule has 0 unspecified atom stereocenters. The third-order valence-electron chi connectivity index (χ3n) is 2.51. The van der Waals surface area contributed by atoms with Crippen molar-refractivity contribution < 1.29 is 4.42 Å². The summed E-state index contributed by atoms with van der Waals surface area (Å²) in [6.07, 6.45) is 4.32. The fourth-order valence-electron chi connectivity index (χ4n) is 1.48. The minimum atomic E-state index is 0.702. The zero-order valence-electron chi connectivity index (χ0n) is 8.57. The number of nitrogens with one attached hydrogen (secondary N) is 1. The minimum Gasteiger partial charge on any atom is -0.443 e. The van der Waals surface area contributed by atoms with Gasteiger partial charge in [-0.05, 0) is 40.2 Å². The van der Waals surface area contributed by atoms with Gasteiger partial charge >= 0.3 is 0 Å². The first kappa shape index (κ1) is 10.5. The van der Waals surface area contributed by atoms with Gasteiger partial charge in [-0.3, -0.25) is 0 Å². The monoisotopic (exact) mass is 298 g/mol. The summed E-state index contributed by atoms with van der Waals surface area (Å²) in [6, 6.07) is 2.71. The van der Waals surface area contributed by atoms with Crippen LogP contribution in [0.2, 0.25) is 0 Å². The van der Waals surface area contributed by atoms with E-state index < -0.39 is 0 Å². The number of rotatable bonds is 4. The molecule has 0 aromatic carbocycles.